The second kappa shape index (κ2) is 11.5. The van der Waals surface area contributed by atoms with Crippen molar-refractivity contribution in [2.75, 3.05) is 10.6 Å². The van der Waals surface area contributed by atoms with Crippen molar-refractivity contribution in [3.8, 4) is 23.0 Å². The predicted octanol–water partition coefficient (Wildman–Crippen LogP) is 7.17. The van der Waals surface area contributed by atoms with Crippen LogP contribution in [0.25, 0.3) is 0 Å². The highest BCUT2D eigenvalue weighted by atomic mass is 16.5. The molecule has 0 fully saturated rings. The van der Waals surface area contributed by atoms with E-state index in [1.807, 2.05) is 60.7 Å². The minimum absolute atomic E-state index is 0.119. The van der Waals surface area contributed by atoms with E-state index in [-0.39, 0.29) is 11.4 Å². The molecular weight excluding hydrogens is 478 g/mol. The van der Waals surface area contributed by atoms with E-state index in [4.69, 9.17) is 9.47 Å². The molecule has 0 radical (unpaired) electrons. The molecule has 1 aromatic heterocycles. The summed E-state index contributed by atoms with van der Waals surface area (Å²) in [5.41, 5.74) is 1.39. The van der Waals surface area contributed by atoms with Crippen molar-refractivity contribution in [3.05, 3.63) is 139 Å². The first-order chi connectivity index (χ1) is 18.6. The molecule has 1 heterocycles. The number of hydrogen-bond donors (Lipinski definition) is 2. The molecule has 0 saturated carbocycles. The van der Waals surface area contributed by atoms with Gasteiger partial charge >= 0.3 is 0 Å². The van der Waals surface area contributed by atoms with Crippen LogP contribution in [0.4, 0.5) is 11.4 Å². The molecule has 0 aliphatic carbocycles. The van der Waals surface area contributed by atoms with E-state index in [0.29, 0.717) is 22.9 Å². The van der Waals surface area contributed by atoms with Gasteiger partial charge in [-0.2, -0.15) is 0 Å². The Kier molecular flexibility index (Phi) is 7.37. The fourth-order valence-electron chi connectivity index (χ4n) is 3.54. The molecule has 0 unspecified atom stereocenters. The lowest BCUT2D eigenvalue weighted by atomic mass is 10.2. The van der Waals surface area contributed by atoms with Gasteiger partial charge in [0.25, 0.3) is 11.8 Å². The second-order valence-corrected chi connectivity index (χ2v) is 8.20. The Bertz CT molecular complexity index is 1410. The molecule has 4 aromatic carbocycles. The van der Waals surface area contributed by atoms with Crippen LogP contribution in [0.1, 0.15) is 21.0 Å². The average Bonchev–Trinajstić information content (AvgIpc) is 2.96. The van der Waals surface area contributed by atoms with Crippen molar-refractivity contribution >= 4 is 23.2 Å². The molecule has 0 aliphatic rings. The zero-order chi connectivity index (χ0) is 26.2. The van der Waals surface area contributed by atoms with Gasteiger partial charge in [-0.05, 0) is 84.9 Å². The van der Waals surface area contributed by atoms with Crippen LogP contribution in [0.2, 0.25) is 0 Å². The highest BCUT2D eigenvalue weighted by Crippen LogP contribution is 2.24. The summed E-state index contributed by atoms with van der Waals surface area (Å²) in [6.07, 6.45) is 0. The first-order valence-electron chi connectivity index (χ1n) is 11.9. The number of anilines is 2. The van der Waals surface area contributed by atoms with Gasteiger partial charge in [-0.25, -0.2) is 4.98 Å². The van der Waals surface area contributed by atoms with Crippen LogP contribution in [-0.2, 0) is 0 Å². The second-order valence-electron chi connectivity index (χ2n) is 8.20. The van der Waals surface area contributed by atoms with Crippen molar-refractivity contribution in [1.82, 2.24) is 4.98 Å². The first kappa shape index (κ1) is 24.3. The Labute approximate surface area is 219 Å². The van der Waals surface area contributed by atoms with Crippen molar-refractivity contribution in [1.29, 1.82) is 0 Å². The summed E-state index contributed by atoms with van der Waals surface area (Å²) < 4.78 is 11.5. The maximum absolute atomic E-state index is 12.8. The summed E-state index contributed by atoms with van der Waals surface area (Å²) in [5, 5.41) is 5.58. The molecule has 0 bridgehead atoms. The standard InChI is InChI=1S/C31H23N3O4/c35-30(32-22-14-18-26(19-15-22)37-24-8-3-1-4-9-24)28-12-7-13-29(34-28)31(36)33-23-16-20-27(21-17-23)38-25-10-5-2-6-11-25/h1-21H,(H,32,35)(H,33,36). The number of amides is 2. The minimum Gasteiger partial charge on any atom is -0.457 e. The lowest BCUT2D eigenvalue weighted by Crippen LogP contribution is -2.18. The van der Waals surface area contributed by atoms with E-state index in [0.717, 1.165) is 11.5 Å². The number of carbonyl (C=O) groups excluding carboxylic acids is 2. The fraction of sp³-hybridized carbons (Fsp3) is 0. The number of nitrogens with zero attached hydrogens (tertiary/aromatic N) is 1. The third-order valence-electron chi connectivity index (χ3n) is 5.40. The average molecular weight is 502 g/mol. The minimum atomic E-state index is -0.432. The van der Waals surface area contributed by atoms with Crippen molar-refractivity contribution in [3.63, 3.8) is 0 Å². The summed E-state index contributed by atoms with van der Waals surface area (Å²) in [6.45, 7) is 0. The summed E-state index contributed by atoms with van der Waals surface area (Å²) in [4.78, 5) is 29.8. The molecule has 5 rings (SSSR count). The highest BCUT2D eigenvalue weighted by Gasteiger charge is 2.13. The van der Waals surface area contributed by atoms with Crippen LogP contribution in [-0.4, -0.2) is 16.8 Å². The molecule has 38 heavy (non-hydrogen) atoms. The third-order valence-corrected chi connectivity index (χ3v) is 5.40. The maximum atomic E-state index is 12.8. The largest absolute Gasteiger partial charge is 0.457 e. The van der Waals surface area contributed by atoms with Gasteiger partial charge in [-0.1, -0.05) is 42.5 Å². The zero-order valence-corrected chi connectivity index (χ0v) is 20.2. The van der Waals surface area contributed by atoms with Crippen molar-refractivity contribution in [2.24, 2.45) is 0 Å². The van der Waals surface area contributed by atoms with E-state index >= 15 is 0 Å². The Morgan fingerprint density at radius 2 is 0.816 bits per heavy atom. The molecule has 186 valence electrons. The molecule has 2 amide bonds. The predicted molar refractivity (Wildman–Crippen MR) is 146 cm³/mol. The molecule has 7 nitrogen and oxygen atoms in total. The zero-order valence-electron chi connectivity index (χ0n) is 20.2. The van der Waals surface area contributed by atoms with Crippen LogP contribution < -0.4 is 20.1 Å². The fourth-order valence-corrected chi connectivity index (χ4v) is 3.54. The quantitative estimate of drug-likeness (QED) is 0.235. The topological polar surface area (TPSA) is 89.5 Å². The van der Waals surface area contributed by atoms with Crippen LogP contribution in [0, 0.1) is 0 Å². The number of benzene rings is 4. The van der Waals surface area contributed by atoms with E-state index in [1.165, 1.54) is 0 Å². The normalized spacial score (nSPS) is 10.3. The molecule has 7 heteroatoms. The number of aromatic nitrogens is 1. The van der Waals surface area contributed by atoms with Gasteiger partial charge in [-0.3, -0.25) is 9.59 Å². The number of ether oxygens (including phenoxy) is 2. The highest BCUT2D eigenvalue weighted by molar-refractivity contribution is 6.06. The van der Waals surface area contributed by atoms with Gasteiger partial charge in [-0.15, -0.1) is 0 Å². The molecular formula is C31H23N3O4. The number of hydrogen-bond acceptors (Lipinski definition) is 5. The number of para-hydroxylation sites is 2. The Hall–Kier alpha value is -5.43. The van der Waals surface area contributed by atoms with Crippen molar-refractivity contribution in [2.45, 2.75) is 0 Å². The van der Waals surface area contributed by atoms with Gasteiger partial charge in [0.15, 0.2) is 0 Å². The third kappa shape index (κ3) is 6.41. The van der Waals surface area contributed by atoms with Gasteiger partial charge in [0.05, 0.1) is 0 Å². The molecule has 2 N–H and O–H groups in total. The first-order valence-corrected chi connectivity index (χ1v) is 11.9. The van der Waals surface area contributed by atoms with Gasteiger partial charge < -0.3 is 20.1 Å². The lowest BCUT2D eigenvalue weighted by molar-refractivity contribution is 0.101. The molecule has 0 atom stereocenters. The van der Waals surface area contributed by atoms with Crippen LogP contribution in [0.5, 0.6) is 23.0 Å². The molecule has 0 aliphatic heterocycles. The molecule has 5 aromatic rings. The van der Waals surface area contributed by atoms with Crippen molar-refractivity contribution < 1.29 is 19.1 Å². The summed E-state index contributed by atoms with van der Waals surface area (Å²) in [5.74, 6) is 1.87. The van der Waals surface area contributed by atoms with Crippen LogP contribution >= 0.6 is 0 Å². The summed E-state index contributed by atoms with van der Waals surface area (Å²) in [7, 11) is 0. The summed E-state index contributed by atoms with van der Waals surface area (Å²) >= 11 is 0. The Balaban J connectivity index is 1.18. The van der Waals surface area contributed by atoms with E-state index < -0.39 is 11.8 Å². The number of carbonyl (C=O) groups is 2. The molecule has 0 saturated heterocycles. The Morgan fingerprint density at radius 3 is 1.21 bits per heavy atom. The maximum Gasteiger partial charge on any atom is 0.274 e. The van der Waals surface area contributed by atoms with Gasteiger partial charge in [0.2, 0.25) is 0 Å². The number of rotatable bonds is 8. The molecule has 0 spiro atoms. The van der Waals surface area contributed by atoms with E-state index in [2.05, 4.69) is 15.6 Å². The van der Waals surface area contributed by atoms with E-state index in [9.17, 15) is 9.59 Å². The van der Waals surface area contributed by atoms with E-state index in [1.54, 1.807) is 66.7 Å². The smallest absolute Gasteiger partial charge is 0.274 e. The SMILES string of the molecule is O=C(Nc1ccc(Oc2ccccc2)cc1)c1cccc(C(=O)Nc2ccc(Oc3ccccc3)cc2)n1. The van der Waals surface area contributed by atoms with Gasteiger partial charge in [0, 0.05) is 11.4 Å². The summed E-state index contributed by atoms with van der Waals surface area (Å²) in [6, 6.07) is 37.5. The number of pyridine rings is 1. The Morgan fingerprint density at radius 1 is 0.447 bits per heavy atom. The monoisotopic (exact) mass is 501 g/mol. The van der Waals surface area contributed by atoms with Crippen LogP contribution in [0.15, 0.2) is 127 Å². The van der Waals surface area contributed by atoms with Gasteiger partial charge in [0.1, 0.15) is 34.4 Å². The lowest BCUT2D eigenvalue weighted by Gasteiger charge is -2.09. The van der Waals surface area contributed by atoms with Crippen LogP contribution in [0.3, 0.4) is 0 Å². The number of nitrogens with one attached hydrogen (secondary N) is 2.